The summed E-state index contributed by atoms with van der Waals surface area (Å²) in [5.41, 5.74) is 2.52. The monoisotopic (exact) mass is 505 g/mol. The first-order valence-electron chi connectivity index (χ1n) is 9.41. The minimum absolute atomic E-state index is 0.285. The first-order valence-corrected chi connectivity index (χ1v) is 10.5. The van der Waals surface area contributed by atoms with E-state index >= 15 is 0 Å². The Morgan fingerprint density at radius 1 is 0.967 bits per heavy atom. The van der Waals surface area contributed by atoms with Crippen LogP contribution >= 0.6 is 22.6 Å². The van der Waals surface area contributed by atoms with Crippen molar-refractivity contribution in [3.8, 4) is 11.8 Å². The topological polar surface area (TPSA) is 33.0 Å². The number of ether oxygens (including phenoxy) is 1. The van der Waals surface area contributed by atoms with Crippen LogP contribution in [0, 0.1) is 20.7 Å². The Hall–Kier alpha value is -3.17. The molecule has 0 saturated carbocycles. The van der Waals surface area contributed by atoms with Crippen LogP contribution in [0.1, 0.15) is 16.7 Å². The second-order valence-corrected chi connectivity index (χ2v) is 7.93. The van der Waals surface area contributed by atoms with Gasteiger partial charge in [0.2, 0.25) is 0 Å². The fourth-order valence-corrected chi connectivity index (χ4v) is 4.01. The van der Waals surface area contributed by atoms with Gasteiger partial charge in [-0.2, -0.15) is 5.26 Å². The Bertz CT molecular complexity index is 1280. The van der Waals surface area contributed by atoms with Gasteiger partial charge in [-0.15, -0.1) is 0 Å². The highest BCUT2D eigenvalue weighted by molar-refractivity contribution is 14.1. The maximum absolute atomic E-state index is 14.0. The van der Waals surface area contributed by atoms with Crippen LogP contribution in [0.15, 0.2) is 84.9 Å². The number of hydrogen-bond acceptors (Lipinski definition) is 2. The van der Waals surface area contributed by atoms with E-state index in [0.717, 1.165) is 20.4 Å². The molecule has 0 saturated heterocycles. The Kier molecular flexibility index (Phi) is 6.10. The summed E-state index contributed by atoms with van der Waals surface area (Å²) >= 11 is 2.22. The average molecular weight is 505 g/mol. The van der Waals surface area contributed by atoms with Crippen molar-refractivity contribution in [1.29, 1.82) is 5.26 Å². The third-order valence-corrected chi connectivity index (χ3v) is 5.66. The van der Waals surface area contributed by atoms with Gasteiger partial charge in [0.05, 0.1) is 15.2 Å². The van der Waals surface area contributed by atoms with Crippen LogP contribution in [-0.4, -0.2) is 0 Å². The second-order valence-electron chi connectivity index (χ2n) is 6.77. The molecule has 0 atom stereocenters. The largest absolute Gasteiger partial charge is 0.488 e. The van der Waals surface area contributed by atoms with E-state index in [4.69, 9.17) is 4.74 Å². The highest BCUT2D eigenvalue weighted by atomic mass is 127. The number of rotatable bonds is 5. The number of allylic oxidation sites excluding steroid dienone is 1. The van der Waals surface area contributed by atoms with Gasteiger partial charge in [-0.25, -0.2) is 4.39 Å². The molecule has 30 heavy (non-hydrogen) atoms. The van der Waals surface area contributed by atoms with Gasteiger partial charge < -0.3 is 4.74 Å². The molecule has 0 N–H and O–H groups in total. The Balaban J connectivity index is 1.56. The Labute approximate surface area is 188 Å². The third-order valence-electron chi connectivity index (χ3n) is 4.81. The zero-order chi connectivity index (χ0) is 20.9. The van der Waals surface area contributed by atoms with Gasteiger partial charge in [-0.1, -0.05) is 66.7 Å². The maximum Gasteiger partial charge on any atom is 0.133 e. The van der Waals surface area contributed by atoms with Crippen LogP contribution in [0.2, 0.25) is 0 Å². The highest BCUT2D eigenvalue weighted by Crippen LogP contribution is 2.27. The van der Waals surface area contributed by atoms with Gasteiger partial charge in [0.25, 0.3) is 0 Å². The lowest BCUT2D eigenvalue weighted by Gasteiger charge is -2.11. The summed E-state index contributed by atoms with van der Waals surface area (Å²) in [6, 6.07) is 28.5. The summed E-state index contributed by atoms with van der Waals surface area (Å²) < 4.78 is 21.0. The second kappa shape index (κ2) is 9.10. The molecule has 0 aromatic heterocycles. The summed E-state index contributed by atoms with van der Waals surface area (Å²) in [5, 5.41) is 11.8. The first-order chi connectivity index (χ1) is 14.7. The summed E-state index contributed by atoms with van der Waals surface area (Å²) in [6.07, 6.45) is 1.69. The lowest BCUT2D eigenvalue weighted by molar-refractivity contribution is 0.305. The van der Waals surface area contributed by atoms with Gasteiger partial charge >= 0.3 is 0 Å². The summed E-state index contributed by atoms with van der Waals surface area (Å²) in [7, 11) is 0. The van der Waals surface area contributed by atoms with Crippen molar-refractivity contribution in [3.05, 3.63) is 111 Å². The fourth-order valence-electron chi connectivity index (χ4n) is 3.31. The van der Waals surface area contributed by atoms with Crippen LogP contribution in [-0.2, 0) is 6.61 Å². The van der Waals surface area contributed by atoms with Crippen molar-refractivity contribution in [2.24, 2.45) is 0 Å². The van der Waals surface area contributed by atoms with E-state index in [9.17, 15) is 9.65 Å². The van der Waals surface area contributed by atoms with E-state index in [1.807, 2.05) is 36.4 Å². The van der Waals surface area contributed by atoms with Crippen LogP contribution in [0.3, 0.4) is 0 Å². The molecular formula is C26H17FINO. The zero-order valence-corrected chi connectivity index (χ0v) is 18.1. The van der Waals surface area contributed by atoms with Crippen LogP contribution < -0.4 is 4.74 Å². The van der Waals surface area contributed by atoms with Crippen molar-refractivity contribution < 1.29 is 9.13 Å². The average Bonchev–Trinajstić information content (AvgIpc) is 2.77. The standard InChI is InChI=1S/C26H17FINO/c27-24-11-4-3-10-23(24)21(16-29)14-18-12-13-26(25(28)15-18)30-17-20-8-5-7-19-6-1-2-9-22(19)20/h1-15H,17H2/b21-14-. The van der Waals surface area contributed by atoms with E-state index in [0.29, 0.717) is 12.2 Å². The Morgan fingerprint density at radius 3 is 2.53 bits per heavy atom. The molecule has 0 bridgehead atoms. The number of nitriles is 1. The Morgan fingerprint density at radius 2 is 1.73 bits per heavy atom. The highest BCUT2D eigenvalue weighted by Gasteiger charge is 2.09. The quantitative estimate of drug-likeness (QED) is 0.163. The molecule has 0 heterocycles. The predicted molar refractivity (Wildman–Crippen MR) is 127 cm³/mol. The van der Waals surface area contributed by atoms with Gasteiger partial charge in [0.1, 0.15) is 18.2 Å². The smallest absolute Gasteiger partial charge is 0.133 e. The molecule has 0 fully saturated rings. The van der Waals surface area contributed by atoms with Gasteiger partial charge in [-0.05, 0) is 68.8 Å². The number of fused-ring (bicyclic) bond motifs is 1. The number of nitrogens with zero attached hydrogens (tertiary/aromatic N) is 1. The van der Waals surface area contributed by atoms with Gasteiger partial charge in [-0.3, -0.25) is 0 Å². The van der Waals surface area contributed by atoms with Crippen LogP contribution in [0.4, 0.5) is 4.39 Å². The first kappa shape index (κ1) is 20.1. The fraction of sp³-hybridized carbons (Fsp3) is 0.0385. The lowest BCUT2D eigenvalue weighted by atomic mass is 10.0. The molecule has 2 nitrogen and oxygen atoms in total. The van der Waals surface area contributed by atoms with Gasteiger partial charge in [0, 0.05) is 5.56 Å². The molecule has 0 aliphatic rings. The zero-order valence-electron chi connectivity index (χ0n) is 16.0. The molecule has 0 radical (unpaired) electrons. The van der Waals surface area contributed by atoms with E-state index < -0.39 is 5.82 Å². The molecule has 146 valence electrons. The predicted octanol–water partition coefficient (Wildman–Crippen LogP) is 7.23. The molecular weight excluding hydrogens is 488 g/mol. The van der Waals surface area contributed by atoms with Crippen molar-refractivity contribution in [1.82, 2.24) is 0 Å². The van der Waals surface area contributed by atoms with Crippen molar-refractivity contribution in [2.75, 3.05) is 0 Å². The van der Waals surface area contributed by atoms with Crippen LogP contribution in [0.25, 0.3) is 22.4 Å². The summed E-state index contributed by atoms with van der Waals surface area (Å²) in [5.74, 6) is 0.361. The van der Waals surface area contributed by atoms with Crippen LogP contribution in [0.5, 0.6) is 5.75 Å². The lowest BCUT2D eigenvalue weighted by Crippen LogP contribution is -1.98. The molecule has 4 rings (SSSR count). The van der Waals surface area contributed by atoms with Gasteiger partial charge in [0.15, 0.2) is 0 Å². The van der Waals surface area contributed by atoms with E-state index in [1.165, 1.54) is 16.8 Å². The van der Waals surface area contributed by atoms with Crippen molar-refractivity contribution in [2.45, 2.75) is 6.61 Å². The molecule has 0 spiro atoms. The minimum atomic E-state index is -0.407. The third kappa shape index (κ3) is 4.37. The molecule has 0 unspecified atom stereocenters. The number of benzene rings is 4. The maximum atomic E-state index is 14.0. The molecule has 0 amide bonds. The number of hydrogen-bond donors (Lipinski definition) is 0. The molecule has 0 aliphatic heterocycles. The molecule has 4 heteroatoms. The summed E-state index contributed by atoms with van der Waals surface area (Å²) in [6.45, 7) is 0.464. The minimum Gasteiger partial charge on any atom is -0.488 e. The van der Waals surface area contributed by atoms with Crippen molar-refractivity contribution >= 4 is 45.0 Å². The summed E-state index contributed by atoms with van der Waals surface area (Å²) in [4.78, 5) is 0. The van der Waals surface area contributed by atoms with Crippen molar-refractivity contribution in [3.63, 3.8) is 0 Å². The molecule has 4 aromatic carbocycles. The molecule has 4 aromatic rings. The van der Waals surface area contributed by atoms with E-state index in [-0.39, 0.29) is 5.57 Å². The van der Waals surface area contributed by atoms with E-state index in [2.05, 4.69) is 52.9 Å². The number of halogens is 2. The van der Waals surface area contributed by atoms with E-state index in [1.54, 1.807) is 24.3 Å². The normalized spacial score (nSPS) is 11.3. The SMILES string of the molecule is N#C/C(=C/c1ccc(OCc2cccc3ccccc23)c(I)c1)c1ccccc1F. The molecule has 0 aliphatic carbocycles.